The molecule has 4 nitrogen and oxygen atoms in total. The summed E-state index contributed by atoms with van der Waals surface area (Å²) in [5.74, 6) is 0.769. The third kappa shape index (κ3) is 3.52. The zero-order valence-corrected chi connectivity index (χ0v) is 16.9. The summed E-state index contributed by atoms with van der Waals surface area (Å²) < 4.78 is 11.2. The molecule has 0 atom stereocenters. The molecule has 0 radical (unpaired) electrons. The van der Waals surface area contributed by atoms with E-state index in [1.807, 2.05) is 42.5 Å². The maximum Gasteiger partial charge on any atom is 0.363 e. The monoisotopic (exact) mass is 433 g/mol. The van der Waals surface area contributed by atoms with Gasteiger partial charge in [-0.25, -0.2) is 9.79 Å². The minimum Gasteiger partial charge on any atom is -0.457 e. The molecule has 0 spiro atoms. The van der Waals surface area contributed by atoms with Crippen molar-refractivity contribution in [2.75, 3.05) is 0 Å². The van der Waals surface area contributed by atoms with Crippen LogP contribution in [0.2, 0.25) is 10.0 Å². The van der Waals surface area contributed by atoms with Crippen molar-refractivity contribution in [2.45, 2.75) is 0 Å². The van der Waals surface area contributed by atoms with Crippen LogP contribution in [0.4, 0.5) is 0 Å². The number of rotatable bonds is 3. The zero-order chi connectivity index (χ0) is 20.7. The highest BCUT2D eigenvalue weighted by Crippen LogP contribution is 2.32. The molecular formula is C24H13Cl2NO3. The molecule has 0 bridgehead atoms. The van der Waals surface area contributed by atoms with Crippen LogP contribution in [0.1, 0.15) is 11.3 Å². The number of benzene rings is 3. The maximum absolute atomic E-state index is 12.3. The first-order valence-electron chi connectivity index (χ1n) is 9.14. The van der Waals surface area contributed by atoms with Crippen LogP contribution in [-0.4, -0.2) is 11.9 Å². The highest BCUT2D eigenvalue weighted by Gasteiger charge is 2.25. The van der Waals surface area contributed by atoms with Crippen LogP contribution >= 0.6 is 23.2 Å². The molecule has 30 heavy (non-hydrogen) atoms. The fourth-order valence-electron chi connectivity index (χ4n) is 3.25. The van der Waals surface area contributed by atoms with Gasteiger partial charge in [0.1, 0.15) is 11.5 Å². The predicted octanol–water partition coefficient (Wildman–Crippen LogP) is 6.75. The number of cyclic esters (lactones) is 1. The second kappa shape index (κ2) is 7.48. The molecule has 6 heteroatoms. The zero-order valence-electron chi connectivity index (χ0n) is 15.4. The number of aliphatic imine (C=N–C) groups is 1. The molecule has 0 saturated carbocycles. The normalized spacial score (nSPS) is 14.9. The average molecular weight is 434 g/mol. The van der Waals surface area contributed by atoms with Gasteiger partial charge in [0.05, 0.1) is 5.02 Å². The number of hydrogen-bond donors (Lipinski definition) is 0. The standard InChI is InChI=1S/C24H13Cl2NO3/c25-17-7-9-19(20(26)12-17)22-10-8-18(29-22)13-21-24(28)30-23(27-21)16-6-5-14-3-1-2-4-15(14)11-16/h1-13H. The largest absolute Gasteiger partial charge is 0.457 e. The van der Waals surface area contributed by atoms with Crippen molar-refractivity contribution in [3.05, 3.63) is 99.9 Å². The van der Waals surface area contributed by atoms with Crippen LogP contribution in [-0.2, 0) is 9.53 Å². The Hall–Kier alpha value is -3.34. The lowest BCUT2D eigenvalue weighted by molar-refractivity contribution is -0.129. The maximum atomic E-state index is 12.3. The molecular weight excluding hydrogens is 421 g/mol. The summed E-state index contributed by atoms with van der Waals surface area (Å²) in [5, 5.41) is 3.17. The summed E-state index contributed by atoms with van der Waals surface area (Å²) >= 11 is 12.2. The van der Waals surface area contributed by atoms with Gasteiger partial charge in [-0.1, -0.05) is 53.5 Å². The van der Waals surface area contributed by atoms with E-state index < -0.39 is 5.97 Å². The Balaban J connectivity index is 1.46. The van der Waals surface area contributed by atoms with Crippen LogP contribution in [0.5, 0.6) is 0 Å². The summed E-state index contributed by atoms with van der Waals surface area (Å²) in [5.41, 5.74) is 1.61. The van der Waals surface area contributed by atoms with E-state index >= 15 is 0 Å². The lowest BCUT2D eigenvalue weighted by atomic mass is 10.1. The predicted molar refractivity (Wildman–Crippen MR) is 119 cm³/mol. The first kappa shape index (κ1) is 18.7. The van der Waals surface area contributed by atoms with Crippen molar-refractivity contribution in [1.29, 1.82) is 0 Å². The fourth-order valence-corrected chi connectivity index (χ4v) is 3.76. The van der Waals surface area contributed by atoms with Crippen molar-refractivity contribution in [1.82, 2.24) is 0 Å². The molecule has 4 aromatic rings. The van der Waals surface area contributed by atoms with Crippen molar-refractivity contribution >= 4 is 51.9 Å². The van der Waals surface area contributed by atoms with Gasteiger partial charge in [0.2, 0.25) is 5.90 Å². The summed E-state index contributed by atoms with van der Waals surface area (Å²) in [6, 6.07) is 22.4. The minimum absolute atomic E-state index is 0.168. The summed E-state index contributed by atoms with van der Waals surface area (Å²) in [4.78, 5) is 16.7. The van der Waals surface area contributed by atoms with Gasteiger partial charge in [-0.05, 0) is 53.2 Å². The molecule has 0 aliphatic carbocycles. The lowest BCUT2D eigenvalue weighted by Crippen LogP contribution is -2.05. The Morgan fingerprint density at radius 2 is 1.70 bits per heavy atom. The minimum atomic E-state index is -0.527. The molecule has 0 fully saturated rings. The molecule has 1 aromatic heterocycles. The van der Waals surface area contributed by atoms with Gasteiger partial charge < -0.3 is 9.15 Å². The van der Waals surface area contributed by atoms with E-state index in [0.717, 1.165) is 16.3 Å². The van der Waals surface area contributed by atoms with Crippen molar-refractivity contribution < 1.29 is 13.9 Å². The molecule has 2 heterocycles. The van der Waals surface area contributed by atoms with E-state index in [2.05, 4.69) is 4.99 Å². The molecule has 1 aliphatic heterocycles. The van der Waals surface area contributed by atoms with Gasteiger partial charge in [-0.15, -0.1) is 0 Å². The second-order valence-corrected chi connectivity index (χ2v) is 7.57. The molecule has 3 aromatic carbocycles. The van der Waals surface area contributed by atoms with Gasteiger partial charge in [0, 0.05) is 22.2 Å². The quantitative estimate of drug-likeness (QED) is 0.265. The summed E-state index contributed by atoms with van der Waals surface area (Å²) in [6.07, 6.45) is 1.55. The fraction of sp³-hybridized carbons (Fsp3) is 0. The third-order valence-corrected chi connectivity index (χ3v) is 5.27. The van der Waals surface area contributed by atoms with Crippen LogP contribution < -0.4 is 0 Å². The van der Waals surface area contributed by atoms with E-state index in [0.29, 0.717) is 27.1 Å². The number of esters is 1. The molecule has 0 saturated heterocycles. The Morgan fingerprint density at radius 3 is 2.53 bits per heavy atom. The summed E-state index contributed by atoms with van der Waals surface area (Å²) in [6.45, 7) is 0. The van der Waals surface area contributed by atoms with Gasteiger partial charge in [-0.3, -0.25) is 0 Å². The van der Waals surface area contributed by atoms with Crippen molar-refractivity contribution in [3.63, 3.8) is 0 Å². The van der Waals surface area contributed by atoms with E-state index in [1.54, 1.807) is 36.4 Å². The molecule has 0 amide bonds. The summed E-state index contributed by atoms with van der Waals surface area (Å²) in [7, 11) is 0. The van der Waals surface area contributed by atoms with Gasteiger partial charge in [0.15, 0.2) is 5.70 Å². The molecule has 0 N–H and O–H groups in total. The second-order valence-electron chi connectivity index (χ2n) is 6.72. The average Bonchev–Trinajstić information content (AvgIpc) is 3.35. The molecule has 146 valence electrons. The number of carbonyl (C=O) groups is 1. The van der Waals surface area contributed by atoms with E-state index in [9.17, 15) is 4.79 Å². The van der Waals surface area contributed by atoms with Crippen molar-refractivity contribution in [3.8, 4) is 11.3 Å². The number of carbonyl (C=O) groups excluding carboxylic acids is 1. The number of nitrogens with zero attached hydrogens (tertiary/aromatic N) is 1. The number of fused-ring (bicyclic) bond motifs is 1. The van der Waals surface area contributed by atoms with Crippen LogP contribution in [0.15, 0.2) is 87.9 Å². The van der Waals surface area contributed by atoms with Gasteiger partial charge in [-0.2, -0.15) is 0 Å². The molecule has 1 aliphatic rings. The first-order chi connectivity index (χ1) is 14.6. The number of furan rings is 1. The number of ether oxygens (including phenoxy) is 1. The highest BCUT2D eigenvalue weighted by molar-refractivity contribution is 6.36. The Morgan fingerprint density at radius 1 is 0.867 bits per heavy atom. The first-order valence-corrected chi connectivity index (χ1v) is 9.89. The van der Waals surface area contributed by atoms with Gasteiger partial charge in [0.25, 0.3) is 0 Å². The molecule has 5 rings (SSSR count). The third-order valence-electron chi connectivity index (χ3n) is 4.72. The Labute approximate surface area is 182 Å². The smallest absolute Gasteiger partial charge is 0.363 e. The highest BCUT2D eigenvalue weighted by atomic mass is 35.5. The van der Waals surface area contributed by atoms with E-state index in [-0.39, 0.29) is 11.6 Å². The molecule has 0 unspecified atom stereocenters. The van der Waals surface area contributed by atoms with Crippen LogP contribution in [0, 0.1) is 0 Å². The van der Waals surface area contributed by atoms with Crippen molar-refractivity contribution in [2.24, 2.45) is 4.99 Å². The lowest BCUT2D eigenvalue weighted by Gasteiger charge is -2.02. The van der Waals surface area contributed by atoms with E-state index in [4.69, 9.17) is 32.4 Å². The van der Waals surface area contributed by atoms with Crippen LogP contribution in [0.3, 0.4) is 0 Å². The van der Waals surface area contributed by atoms with Crippen LogP contribution in [0.25, 0.3) is 28.2 Å². The number of hydrogen-bond acceptors (Lipinski definition) is 4. The van der Waals surface area contributed by atoms with Gasteiger partial charge >= 0.3 is 5.97 Å². The Kier molecular flexibility index (Phi) is 4.66. The topological polar surface area (TPSA) is 51.8 Å². The Bertz CT molecular complexity index is 1370. The van der Waals surface area contributed by atoms with E-state index in [1.165, 1.54) is 0 Å². The SMILES string of the molecule is O=C1OC(c2ccc3ccccc3c2)=NC1=Cc1ccc(-c2ccc(Cl)cc2Cl)o1. The number of halogens is 2.